The molecule has 2 heterocycles. The number of carboxylic acid groups (broad SMARTS) is 1. The van der Waals surface area contributed by atoms with Crippen molar-refractivity contribution in [1.82, 2.24) is 4.57 Å². The predicted molar refractivity (Wildman–Crippen MR) is 143 cm³/mol. The lowest BCUT2D eigenvalue weighted by molar-refractivity contribution is -0.136. The average molecular weight is 517 g/mol. The largest absolute Gasteiger partial charge is 0.489 e. The number of fused-ring (bicyclic) bond motifs is 2. The Kier molecular flexibility index (Phi) is 6.57. The van der Waals surface area contributed by atoms with Crippen molar-refractivity contribution >= 4 is 28.5 Å². The van der Waals surface area contributed by atoms with E-state index < -0.39 is 5.97 Å². The number of rotatable bonds is 6. The zero-order chi connectivity index (χ0) is 27.1. The number of aromatic nitrogens is 1. The lowest BCUT2D eigenvalue weighted by atomic mass is 10.1. The van der Waals surface area contributed by atoms with Gasteiger partial charge >= 0.3 is 5.97 Å². The maximum Gasteiger partial charge on any atom is 0.307 e. The number of nitrogens with zero attached hydrogens (tertiary/aromatic N) is 2. The Bertz CT molecular complexity index is 1570. The summed E-state index contributed by atoms with van der Waals surface area (Å²) in [5.74, 6) is -0.242. The summed E-state index contributed by atoms with van der Waals surface area (Å²) in [7, 11) is 1.88. The zero-order valence-corrected chi connectivity index (χ0v) is 21.7. The summed E-state index contributed by atoms with van der Waals surface area (Å²) in [4.78, 5) is 27.1. The highest BCUT2D eigenvalue weighted by Crippen LogP contribution is 2.34. The number of ether oxygens (including phenoxy) is 2. The number of likely N-dealkylation sites (N-methyl/N-ethyl adjacent to an activating group) is 1. The Hall–Kier alpha value is -4.33. The third-order valence-corrected chi connectivity index (χ3v) is 6.97. The van der Waals surface area contributed by atoms with Crippen LogP contribution in [0.2, 0.25) is 0 Å². The second kappa shape index (κ2) is 9.85. The van der Waals surface area contributed by atoms with Crippen LogP contribution in [0.1, 0.15) is 32.7 Å². The van der Waals surface area contributed by atoms with E-state index in [2.05, 4.69) is 0 Å². The van der Waals surface area contributed by atoms with E-state index in [0.29, 0.717) is 46.1 Å². The van der Waals surface area contributed by atoms with Gasteiger partial charge in [-0.1, -0.05) is 11.6 Å². The van der Waals surface area contributed by atoms with Gasteiger partial charge in [0, 0.05) is 29.8 Å². The molecule has 1 aliphatic rings. The van der Waals surface area contributed by atoms with Crippen molar-refractivity contribution in [3.05, 3.63) is 88.4 Å². The molecule has 0 saturated carbocycles. The first-order valence-electron chi connectivity index (χ1n) is 12.4. The van der Waals surface area contributed by atoms with E-state index in [1.165, 1.54) is 12.1 Å². The summed E-state index contributed by atoms with van der Waals surface area (Å²) in [6.45, 7) is 6.43. The highest BCUT2D eigenvalue weighted by molar-refractivity contribution is 6.05. The molecular formula is C30H29FN2O5. The summed E-state index contributed by atoms with van der Waals surface area (Å²) in [6, 6.07) is 15.4. The maximum atomic E-state index is 13.6. The number of carbonyl (C=O) groups is 2. The van der Waals surface area contributed by atoms with Gasteiger partial charge < -0.3 is 19.5 Å². The van der Waals surface area contributed by atoms with E-state index >= 15 is 0 Å². The number of anilines is 1. The van der Waals surface area contributed by atoms with Crippen LogP contribution in [0.5, 0.6) is 11.5 Å². The fourth-order valence-corrected chi connectivity index (χ4v) is 5.09. The number of carboxylic acids is 1. The third-order valence-electron chi connectivity index (χ3n) is 6.97. The van der Waals surface area contributed by atoms with Crippen LogP contribution in [0.15, 0.2) is 54.6 Å². The summed E-state index contributed by atoms with van der Waals surface area (Å²) < 4.78 is 27.2. The van der Waals surface area contributed by atoms with Crippen LogP contribution in [0.3, 0.4) is 0 Å². The molecule has 1 atom stereocenters. The Morgan fingerprint density at radius 3 is 2.61 bits per heavy atom. The summed E-state index contributed by atoms with van der Waals surface area (Å²) in [5, 5.41) is 10.2. The van der Waals surface area contributed by atoms with Gasteiger partial charge in [0.05, 0.1) is 24.2 Å². The molecule has 0 aliphatic carbocycles. The molecule has 0 fully saturated rings. The van der Waals surface area contributed by atoms with Crippen molar-refractivity contribution in [2.24, 2.45) is 0 Å². The van der Waals surface area contributed by atoms with Crippen molar-refractivity contribution in [2.75, 3.05) is 25.1 Å². The SMILES string of the molecule is Cc1ccc2c(c1)c(CC(=O)O)c(C)n2C(=O)c1ccc(OC[C@@H]2CN(C)c3cc(F)ccc3O2)c(C)c1. The van der Waals surface area contributed by atoms with Gasteiger partial charge in [-0.3, -0.25) is 14.2 Å². The molecule has 7 nitrogen and oxygen atoms in total. The fraction of sp³-hybridized carbons (Fsp3) is 0.267. The molecule has 0 bridgehead atoms. The van der Waals surface area contributed by atoms with E-state index in [-0.39, 0.29) is 30.9 Å². The second-order valence-electron chi connectivity index (χ2n) is 9.82. The van der Waals surface area contributed by atoms with Crippen LogP contribution >= 0.6 is 0 Å². The van der Waals surface area contributed by atoms with E-state index in [9.17, 15) is 19.1 Å². The number of aliphatic carboxylic acids is 1. The first kappa shape index (κ1) is 25.3. The highest BCUT2D eigenvalue weighted by Gasteiger charge is 2.25. The van der Waals surface area contributed by atoms with Crippen LogP contribution in [-0.2, 0) is 11.2 Å². The number of hydrogen-bond donors (Lipinski definition) is 1. The topological polar surface area (TPSA) is 81.0 Å². The first-order valence-corrected chi connectivity index (χ1v) is 12.4. The van der Waals surface area contributed by atoms with E-state index in [1.54, 1.807) is 35.8 Å². The predicted octanol–water partition coefficient (Wildman–Crippen LogP) is 5.30. The van der Waals surface area contributed by atoms with Crippen LogP contribution in [-0.4, -0.2) is 47.9 Å². The highest BCUT2D eigenvalue weighted by atomic mass is 19.1. The molecule has 1 N–H and O–H groups in total. The van der Waals surface area contributed by atoms with Gasteiger partial charge in [-0.2, -0.15) is 0 Å². The van der Waals surface area contributed by atoms with E-state index in [4.69, 9.17) is 9.47 Å². The molecule has 5 rings (SSSR count). The van der Waals surface area contributed by atoms with Crippen LogP contribution in [0, 0.1) is 26.6 Å². The minimum Gasteiger partial charge on any atom is -0.489 e. The number of carbonyl (C=O) groups excluding carboxylic acids is 1. The molecule has 0 amide bonds. The fourth-order valence-electron chi connectivity index (χ4n) is 5.09. The zero-order valence-electron chi connectivity index (χ0n) is 21.7. The normalized spacial score (nSPS) is 14.8. The van der Waals surface area contributed by atoms with Crippen molar-refractivity contribution in [3.63, 3.8) is 0 Å². The Morgan fingerprint density at radius 2 is 1.87 bits per heavy atom. The summed E-state index contributed by atoms with van der Waals surface area (Å²) in [6.07, 6.45) is -0.404. The van der Waals surface area contributed by atoms with Crippen molar-refractivity contribution in [1.29, 1.82) is 0 Å². The van der Waals surface area contributed by atoms with Gasteiger partial charge in [-0.05, 0) is 74.4 Å². The molecule has 1 aromatic heterocycles. The minimum absolute atomic E-state index is 0.157. The molecule has 3 aromatic carbocycles. The van der Waals surface area contributed by atoms with Gasteiger partial charge in [0.15, 0.2) is 0 Å². The molecule has 0 spiro atoms. The van der Waals surface area contributed by atoms with E-state index in [0.717, 1.165) is 16.5 Å². The lowest BCUT2D eigenvalue weighted by Crippen LogP contribution is -2.41. The average Bonchev–Trinajstić information content (AvgIpc) is 3.13. The number of benzene rings is 3. The van der Waals surface area contributed by atoms with Crippen LogP contribution in [0.4, 0.5) is 10.1 Å². The van der Waals surface area contributed by atoms with Gasteiger partial charge in [-0.25, -0.2) is 4.39 Å². The van der Waals surface area contributed by atoms with Crippen molar-refractivity contribution < 1.29 is 28.6 Å². The number of hydrogen-bond acceptors (Lipinski definition) is 5. The van der Waals surface area contributed by atoms with Gasteiger partial charge in [0.25, 0.3) is 5.91 Å². The van der Waals surface area contributed by atoms with Gasteiger partial charge in [0.2, 0.25) is 0 Å². The Morgan fingerprint density at radius 1 is 1.08 bits per heavy atom. The van der Waals surface area contributed by atoms with E-state index in [1.807, 2.05) is 44.0 Å². The molecule has 1 aliphatic heterocycles. The Labute approximate surface area is 220 Å². The monoisotopic (exact) mass is 516 g/mol. The minimum atomic E-state index is -0.942. The third kappa shape index (κ3) is 4.69. The smallest absolute Gasteiger partial charge is 0.307 e. The molecule has 0 radical (unpaired) electrons. The molecule has 0 saturated heterocycles. The molecule has 0 unspecified atom stereocenters. The van der Waals surface area contributed by atoms with Crippen LogP contribution in [0.25, 0.3) is 10.9 Å². The van der Waals surface area contributed by atoms with Gasteiger partial charge in [-0.15, -0.1) is 0 Å². The van der Waals surface area contributed by atoms with Crippen molar-refractivity contribution in [2.45, 2.75) is 33.3 Å². The molecule has 4 aromatic rings. The molecule has 8 heteroatoms. The molecular weight excluding hydrogens is 487 g/mol. The second-order valence-corrected chi connectivity index (χ2v) is 9.82. The Balaban J connectivity index is 1.36. The molecule has 196 valence electrons. The standard InChI is InChI=1S/C30H29FN2O5/c1-17-5-8-25-24(11-17)23(14-29(34)35)19(3)33(25)30(36)20-6-9-27(18(2)12-20)37-16-22-15-32(4)26-13-21(31)7-10-28(26)38-22/h5-13,22H,14-16H2,1-4H3,(H,34,35)/t22-/m0/s1. The number of halogens is 1. The van der Waals surface area contributed by atoms with Gasteiger partial charge in [0.1, 0.15) is 30.0 Å². The molecule has 38 heavy (non-hydrogen) atoms. The first-order chi connectivity index (χ1) is 18.1. The maximum absolute atomic E-state index is 13.6. The van der Waals surface area contributed by atoms with Crippen molar-refractivity contribution in [3.8, 4) is 11.5 Å². The summed E-state index contributed by atoms with van der Waals surface area (Å²) >= 11 is 0. The summed E-state index contributed by atoms with van der Waals surface area (Å²) in [5.41, 5.74) is 4.91. The number of aryl methyl sites for hydroxylation is 2. The lowest BCUT2D eigenvalue weighted by Gasteiger charge is -2.33. The van der Waals surface area contributed by atoms with Crippen LogP contribution < -0.4 is 14.4 Å². The quantitative estimate of drug-likeness (QED) is 0.375.